The number of carbonyl (C=O) groups is 1. The predicted molar refractivity (Wildman–Crippen MR) is 137 cm³/mol. The van der Waals surface area contributed by atoms with Crippen LogP contribution < -0.4 is 5.43 Å². The molecule has 3 fully saturated rings. The topological polar surface area (TPSA) is 78.5 Å². The molecule has 5 rings (SSSR count). The number of halogens is 5. The zero-order valence-corrected chi connectivity index (χ0v) is 23.2. The molecule has 2 aliphatic heterocycles. The van der Waals surface area contributed by atoms with E-state index in [4.69, 9.17) is 23.7 Å². The zero-order chi connectivity index (χ0) is 30.1. The number of nitrogens with one attached hydrogen (secondary N) is 1. The van der Waals surface area contributed by atoms with E-state index in [-0.39, 0.29) is 31.6 Å². The highest BCUT2D eigenvalue weighted by Crippen LogP contribution is 2.44. The Kier molecular flexibility index (Phi) is 8.89. The number of alkyl halides is 3. The normalized spacial score (nSPS) is 27.9. The highest BCUT2D eigenvalue weighted by molar-refractivity contribution is 5.85. The monoisotopic (exact) mass is 600 g/mol. The third kappa shape index (κ3) is 7.09. The lowest BCUT2D eigenvalue weighted by molar-refractivity contribution is -0.187. The van der Waals surface area contributed by atoms with Gasteiger partial charge in [0.05, 0.1) is 44.2 Å². The summed E-state index contributed by atoms with van der Waals surface area (Å²) in [6.07, 6.45) is -6.62. The van der Waals surface area contributed by atoms with E-state index >= 15 is 0 Å². The second kappa shape index (κ2) is 12.1. The first-order valence-electron chi connectivity index (χ1n) is 13.7. The van der Waals surface area contributed by atoms with Crippen LogP contribution in [-0.2, 0) is 47.9 Å². The molecule has 1 N–H and O–H groups in total. The van der Waals surface area contributed by atoms with Gasteiger partial charge in [-0.25, -0.2) is 13.8 Å². The highest BCUT2D eigenvalue weighted by Gasteiger charge is 2.58. The van der Waals surface area contributed by atoms with Gasteiger partial charge in [0.2, 0.25) is 0 Å². The number of fused-ring (bicyclic) bond motifs is 1. The van der Waals surface area contributed by atoms with E-state index in [0.29, 0.717) is 31.9 Å². The second-order valence-corrected chi connectivity index (χ2v) is 11.2. The number of benzene rings is 2. The van der Waals surface area contributed by atoms with E-state index in [1.807, 2.05) is 0 Å². The van der Waals surface area contributed by atoms with Gasteiger partial charge in [-0.2, -0.15) is 13.2 Å². The predicted octanol–water partition coefficient (Wildman–Crippen LogP) is 4.50. The fraction of sp³-hybridized carbons (Fsp3) is 0.552. The molecule has 13 heteroatoms. The summed E-state index contributed by atoms with van der Waals surface area (Å²) in [5, 5.41) is 1.69. The molecule has 2 aromatic carbocycles. The SMILES string of the molecule is CC1(C)O[C@@H]2C[C@@](OCc3cccc(C(F)(F)F)c3)(C(=O)NN3CCOCC3)CC(OCc3ccc(F)c(F)c3)[C@@H]2O1. The van der Waals surface area contributed by atoms with Crippen LogP contribution in [0.3, 0.4) is 0 Å². The van der Waals surface area contributed by atoms with Gasteiger partial charge in [-0.15, -0.1) is 0 Å². The molecule has 0 bridgehead atoms. The molecule has 3 aliphatic rings. The minimum absolute atomic E-state index is 0.0353. The van der Waals surface area contributed by atoms with Crippen molar-refractivity contribution in [3.05, 3.63) is 70.8 Å². The van der Waals surface area contributed by atoms with Crippen molar-refractivity contribution in [2.75, 3.05) is 26.3 Å². The first-order chi connectivity index (χ1) is 19.8. The first kappa shape index (κ1) is 30.8. The summed E-state index contributed by atoms with van der Waals surface area (Å²) in [4.78, 5) is 13.9. The van der Waals surface area contributed by atoms with Crippen molar-refractivity contribution in [3.8, 4) is 0 Å². The molecular weight excluding hydrogens is 567 g/mol. The fourth-order valence-corrected chi connectivity index (χ4v) is 5.52. The lowest BCUT2D eigenvalue weighted by atomic mass is 9.78. The van der Waals surface area contributed by atoms with Crippen molar-refractivity contribution in [1.29, 1.82) is 0 Å². The molecule has 1 aliphatic carbocycles. The summed E-state index contributed by atoms with van der Waals surface area (Å²) < 4.78 is 97.4. The van der Waals surface area contributed by atoms with Crippen LogP contribution in [0.15, 0.2) is 42.5 Å². The summed E-state index contributed by atoms with van der Waals surface area (Å²) in [5.74, 6) is -3.54. The van der Waals surface area contributed by atoms with Gasteiger partial charge >= 0.3 is 6.18 Å². The van der Waals surface area contributed by atoms with E-state index in [0.717, 1.165) is 24.3 Å². The number of ether oxygens (including phenoxy) is 5. The molecule has 1 saturated carbocycles. The summed E-state index contributed by atoms with van der Waals surface area (Å²) in [6, 6.07) is 8.12. The smallest absolute Gasteiger partial charge is 0.379 e. The quantitative estimate of drug-likeness (QED) is 0.447. The number of rotatable bonds is 8. The zero-order valence-electron chi connectivity index (χ0n) is 23.2. The number of nitrogens with zero attached hydrogens (tertiary/aromatic N) is 1. The molecule has 1 unspecified atom stereocenters. The van der Waals surface area contributed by atoms with E-state index < -0.39 is 59.0 Å². The van der Waals surface area contributed by atoms with Crippen LogP contribution in [0.4, 0.5) is 22.0 Å². The van der Waals surface area contributed by atoms with Gasteiger partial charge in [-0.05, 0) is 49.2 Å². The van der Waals surface area contributed by atoms with Gasteiger partial charge in [-0.1, -0.05) is 18.2 Å². The van der Waals surface area contributed by atoms with Gasteiger partial charge < -0.3 is 23.7 Å². The first-order valence-corrected chi connectivity index (χ1v) is 13.7. The van der Waals surface area contributed by atoms with Crippen LogP contribution in [0.1, 0.15) is 43.4 Å². The van der Waals surface area contributed by atoms with Crippen LogP contribution >= 0.6 is 0 Å². The Morgan fingerprint density at radius 2 is 1.74 bits per heavy atom. The van der Waals surface area contributed by atoms with Gasteiger partial charge in [-0.3, -0.25) is 10.2 Å². The Hall–Kier alpha value is -2.68. The third-order valence-corrected chi connectivity index (χ3v) is 7.55. The Bertz CT molecular complexity index is 1270. The van der Waals surface area contributed by atoms with E-state index in [1.165, 1.54) is 18.2 Å². The maximum atomic E-state index is 13.9. The van der Waals surface area contributed by atoms with Crippen LogP contribution in [0.25, 0.3) is 0 Å². The maximum Gasteiger partial charge on any atom is 0.416 e. The number of hydrogen-bond donors (Lipinski definition) is 1. The Labute approximate surface area is 240 Å². The number of amides is 1. The Balaban J connectivity index is 1.42. The average Bonchev–Trinajstić information content (AvgIpc) is 3.26. The maximum absolute atomic E-state index is 13.9. The second-order valence-electron chi connectivity index (χ2n) is 11.2. The standard InChI is InChI=1S/C29H33F5N2O6/c1-27(2)41-24-15-28(26(37)35-36-8-10-38-11-9-36,40-17-18-4-3-5-20(12-18)29(32,33)34)14-23(25(24)42-27)39-16-19-6-7-21(30)22(31)13-19/h3-7,12-13,23-25H,8-11,14-17H2,1-2H3,(H,35,37)/t23?,24-,25+,28-/m1/s1. The van der Waals surface area contributed by atoms with Crippen molar-refractivity contribution in [1.82, 2.24) is 10.4 Å². The van der Waals surface area contributed by atoms with E-state index in [2.05, 4.69) is 5.43 Å². The summed E-state index contributed by atoms with van der Waals surface area (Å²) in [6.45, 7) is 4.71. The van der Waals surface area contributed by atoms with Crippen molar-refractivity contribution in [2.24, 2.45) is 0 Å². The molecule has 8 nitrogen and oxygen atoms in total. The summed E-state index contributed by atoms with van der Waals surface area (Å²) in [7, 11) is 0. The van der Waals surface area contributed by atoms with Crippen LogP contribution in [0.2, 0.25) is 0 Å². The van der Waals surface area contributed by atoms with E-state index in [1.54, 1.807) is 18.9 Å². The number of hydrazine groups is 1. The molecule has 2 saturated heterocycles. The van der Waals surface area contributed by atoms with Crippen molar-refractivity contribution < 1.29 is 50.4 Å². The minimum atomic E-state index is -4.54. The van der Waals surface area contributed by atoms with Crippen molar-refractivity contribution >= 4 is 5.91 Å². The molecule has 1 amide bonds. The van der Waals surface area contributed by atoms with Crippen LogP contribution in [0.5, 0.6) is 0 Å². The van der Waals surface area contributed by atoms with Crippen LogP contribution in [-0.4, -0.2) is 66.9 Å². The molecule has 230 valence electrons. The lowest BCUT2D eigenvalue weighted by Gasteiger charge is -2.44. The van der Waals surface area contributed by atoms with Gasteiger partial charge in [0.15, 0.2) is 23.0 Å². The average molecular weight is 601 g/mol. The van der Waals surface area contributed by atoms with Crippen molar-refractivity contribution in [2.45, 2.75) is 75.8 Å². The molecule has 0 aromatic heterocycles. The van der Waals surface area contributed by atoms with Gasteiger partial charge in [0.1, 0.15) is 6.10 Å². The molecule has 0 radical (unpaired) electrons. The number of carbonyl (C=O) groups excluding carboxylic acids is 1. The Morgan fingerprint density at radius 1 is 1.00 bits per heavy atom. The fourth-order valence-electron chi connectivity index (χ4n) is 5.52. The lowest BCUT2D eigenvalue weighted by Crippen LogP contribution is -2.63. The molecular formula is C29H33F5N2O6. The summed E-state index contributed by atoms with van der Waals surface area (Å²) >= 11 is 0. The van der Waals surface area contributed by atoms with Gasteiger partial charge in [0, 0.05) is 25.9 Å². The molecule has 2 aromatic rings. The molecule has 0 spiro atoms. The van der Waals surface area contributed by atoms with Crippen molar-refractivity contribution in [3.63, 3.8) is 0 Å². The Morgan fingerprint density at radius 3 is 2.45 bits per heavy atom. The molecule has 4 atom stereocenters. The number of morpholine rings is 1. The van der Waals surface area contributed by atoms with Gasteiger partial charge in [0.25, 0.3) is 5.91 Å². The highest BCUT2D eigenvalue weighted by atomic mass is 19.4. The molecule has 42 heavy (non-hydrogen) atoms. The summed E-state index contributed by atoms with van der Waals surface area (Å²) in [5.41, 5.74) is 1.05. The van der Waals surface area contributed by atoms with E-state index in [9.17, 15) is 26.7 Å². The largest absolute Gasteiger partial charge is 0.416 e. The minimum Gasteiger partial charge on any atom is -0.379 e. The third-order valence-electron chi connectivity index (χ3n) is 7.55. The molecule has 2 heterocycles. The number of hydrogen-bond acceptors (Lipinski definition) is 7. The van der Waals surface area contributed by atoms with Crippen LogP contribution in [0, 0.1) is 11.6 Å².